The van der Waals surface area contributed by atoms with Gasteiger partial charge in [0, 0.05) is 25.9 Å². The predicted octanol–water partition coefficient (Wildman–Crippen LogP) is 2.80. The zero-order valence-corrected chi connectivity index (χ0v) is 12.1. The highest BCUT2D eigenvalue weighted by Gasteiger charge is 2.47. The Morgan fingerprint density at radius 3 is 2.53 bits per heavy atom. The van der Waals surface area contributed by atoms with E-state index in [-0.39, 0.29) is 5.54 Å². The molecule has 19 heavy (non-hydrogen) atoms. The Morgan fingerprint density at radius 1 is 1.32 bits per heavy atom. The molecule has 0 bridgehead atoms. The molecule has 0 amide bonds. The van der Waals surface area contributed by atoms with Crippen molar-refractivity contribution >= 4 is 5.69 Å². The molecule has 1 aromatic rings. The van der Waals surface area contributed by atoms with E-state index in [1.807, 2.05) is 0 Å². The first-order chi connectivity index (χ1) is 9.25. The van der Waals surface area contributed by atoms with Gasteiger partial charge in [-0.2, -0.15) is 0 Å². The van der Waals surface area contributed by atoms with E-state index in [2.05, 4.69) is 42.2 Å². The molecule has 2 rings (SSSR count). The summed E-state index contributed by atoms with van der Waals surface area (Å²) < 4.78 is 5.45. The van der Waals surface area contributed by atoms with E-state index in [4.69, 9.17) is 10.5 Å². The first kappa shape index (κ1) is 14.4. The fourth-order valence-corrected chi connectivity index (χ4v) is 3.02. The second-order valence-corrected chi connectivity index (χ2v) is 5.54. The number of hydrogen-bond donors (Lipinski definition) is 1. The molecule has 0 radical (unpaired) electrons. The van der Waals surface area contributed by atoms with Gasteiger partial charge in [0.25, 0.3) is 0 Å². The molecule has 0 heterocycles. The molecular weight excluding hydrogens is 236 g/mol. The van der Waals surface area contributed by atoms with Gasteiger partial charge in [-0.05, 0) is 31.4 Å². The van der Waals surface area contributed by atoms with Crippen LogP contribution < -0.4 is 10.6 Å². The van der Waals surface area contributed by atoms with E-state index in [0.717, 1.165) is 19.4 Å². The molecule has 1 fully saturated rings. The van der Waals surface area contributed by atoms with Crippen molar-refractivity contribution < 1.29 is 4.74 Å². The average molecular weight is 262 g/mol. The number of ether oxygens (including phenoxy) is 1. The number of rotatable bonds is 7. The number of unbranched alkanes of at least 4 members (excludes halogenated alkanes) is 1. The normalized spacial score (nSPS) is 25.9. The van der Waals surface area contributed by atoms with E-state index in [1.54, 1.807) is 7.11 Å². The van der Waals surface area contributed by atoms with Crippen molar-refractivity contribution in [2.24, 2.45) is 5.73 Å². The molecule has 0 aromatic heterocycles. The van der Waals surface area contributed by atoms with Crippen LogP contribution in [0.25, 0.3) is 0 Å². The van der Waals surface area contributed by atoms with Crippen molar-refractivity contribution in [3.05, 3.63) is 30.3 Å². The second kappa shape index (κ2) is 6.40. The van der Waals surface area contributed by atoms with E-state index in [9.17, 15) is 0 Å². The Labute approximate surface area is 116 Å². The van der Waals surface area contributed by atoms with E-state index in [1.165, 1.54) is 18.5 Å². The Kier molecular flexibility index (Phi) is 4.83. The molecule has 2 N–H and O–H groups in total. The third kappa shape index (κ3) is 2.93. The van der Waals surface area contributed by atoms with Crippen LogP contribution in [0.5, 0.6) is 0 Å². The summed E-state index contributed by atoms with van der Waals surface area (Å²) in [6, 6.07) is 10.6. The SMILES string of the molecule is CCCCN(c1ccccc1)C1(CN)CC(OC)C1. The van der Waals surface area contributed by atoms with Gasteiger partial charge >= 0.3 is 0 Å². The summed E-state index contributed by atoms with van der Waals surface area (Å²) in [6.07, 6.45) is 4.86. The van der Waals surface area contributed by atoms with Crippen molar-refractivity contribution in [2.75, 3.05) is 25.1 Å². The fraction of sp³-hybridized carbons (Fsp3) is 0.625. The lowest BCUT2D eigenvalue weighted by molar-refractivity contribution is -0.0142. The molecule has 106 valence electrons. The molecule has 0 unspecified atom stereocenters. The van der Waals surface area contributed by atoms with E-state index in [0.29, 0.717) is 12.6 Å². The van der Waals surface area contributed by atoms with Gasteiger partial charge in [0.15, 0.2) is 0 Å². The summed E-state index contributed by atoms with van der Waals surface area (Å²) >= 11 is 0. The number of benzene rings is 1. The maximum atomic E-state index is 6.10. The summed E-state index contributed by atoms with van der Waals surface area (Å²) in [4.78, 5) is 2.51. The topological polar surface area (TPSA) is 38.5 Å². The minimum absolute atomic E-state index is 0.0944. The maximum absolute atomic E-state index is 6.10. The first-order valence-electron chi connectivity index (χ1n) is 7.31. The fourth-order valence-electron chi connectivity index (χ4n) is 3.02. The monoisotopic (exact) mass is 262 g/mol. The number of hydrogen-bond acceptors (Lipinski definition) is 3. The highest BCUT2D eigenvalue weighted by atomic mass is 16.5. The van der Waals surface area contributed by atoms with Crippen LogP contribution in [0, 0.1) is 0 Å². The van der Waals surface area contributed by atoms with Crippen LogP contribution in [0.15, 0.2) is 30.3 Å². The lowest BCUT2D eigenvalue weighted by Gasteiger charge is -2.54. The zero-order valence-electron chi connectivity index (χ0n) is 12.1. The Bertz CT molecular complexity index is 374. The lowest BCUT2D eigenvalue weighted by Crippen LogP contribution is -2.64. The van der Waals surface area contributed by atoms with Crippen molar-refractivity contribution in [1.29, 1.82) is 0 Å². The summed E-state index contributed by atoms with van der Waals surface area (Å²) in [7, 11) is 1.80. The highest BCUT2D eigenvalue weighted by molar-refractivity contribution is 5.50. The number of para-hydroxylation sites is 1. The molecule has 3 heteroatoms. The number of nitrogens with zero attached hydrogens (tertiary/aromatic N) is 1. The molecule has 3 nitrogen and oxygen atoms in total. The van der Waals surface area contributed by atoms with Crippen LogP contribution >= 0.6 is 0 Å². The molecule has 0 atom stereocenters. The van der Waals surface area contributed by atoms with Gasteiger partial charge in [-0.15, -0.1) is 0 Å². The smallest absolute Gasteiger partial charge is 0.0617 e. The Morgan fingerprint density at radius 2 is 2.00 bits per heavy atom. The number of anilines is 1. The minimum Gasteiger partial charge on any atom is -0.381 e. The Balaban J connectivity index is 2.17. The van der Waals surface area contributed by atoms with Crippen LogP contribution in [-0.4, -0.2) is 31.8 Å². The second-order valence-electron chi connectivity index (χ2n) is 5.54. The van der Waals surface area contributed by atoms with Crippen LogP contribution in [0.4, 0.5) is 5.69 Å². The minimum atomic E-state index is 0.0944. The van der Waals surface area contributed by atoms with Gasteiger partial charge in [-0.25, -0.2) is 0 Å². The molecule has 0 aliphatic heterocycles. The summed E-state index contributed by atoms with van der Waals surface area (Å²) in [5.41, 5.74) is 7.48. The van der Waals surface area contributed by atoms with Crippen molar-refractivity contribution in [2.45, 2.75) is 44.2 Å². The van der Waals surface area contributed by atoms with Gasteiger partial charge in [0.1, 0.15) is 0 Å². The van der Waals surface area contributed by atoms with Crippen molar-refractivity contribution in [3.63, 3.8) is 0 Å². The molecule has 0 saturated heterocycles. The quantitative estimate of drug-likeness (QED) is 0.821. The predicted molar refractivity (Wildman–Crippen MR) is 80.5 cm³/mol. The largest absolute Gasteiger partial charge is 0.381 e. The maximum Gasteiger partial charge on any atom is 0.0617 e. The van der Waals surface area contributed by atoms with Crippen molar-refractivity contribution in [1.82, 2.24) is 0 Å². The van der Waals surface area contributed by atoms with E-state index >= 15 is 0 Å². The highest BCUT2D eigenvalue weighted by Crippen LogP contribution is 2.41. The molecule has 1 saturated carbocycles. The van der Waals surface area contributed by atoms with Gasteiger partial charge < -0.3 is 15.4 Å². The standard InChI is InChI=1S/C16H26N2O/c1-3-4-10-18(14-8-6-5-7-9-14)16(13-17)11-15(12-16)19-2/h5-9,15H,3-4,10-13,17H2,1-2H3. The lowest BCUT2D eigenvalue weighted by atomic mass is 9.72. The average Bonchev–Trinajstić information content (AvgIpc) is 2.42. The first-order valence-corrected chi connectivity index (χ1v) is 7.31. The molecule has 1 aromatic carbocycles. The number of methoxy groups -OCH3 is 1. The number of nitrogens with two attached hydrogens (primary N) is 1. The van der Waals surface area contributed by atoms with Gasteiger partial charge in [-0.1, -0.05) is 31.5 Å². The van der Waals surface area contributed by atoms with Crippen LogP contribution in [0.2, 0.25) is 0 Å². The van der Waals surface area contributed by atoms with Crippen molar-refractivity contribution in [3.8, 4) is 0 Å². The van der Waals surface area contributed by atoms with Gasteiger partial charge in [0.2, 0.25) is 0 Å². The van der Waals surface area contributed by atoms with Gasteiger partial charge in [0.05, 0.1) is 11.6 Å². The summed E-state index contributed by atoms with van der Waals surface area (Å²) in [5.74, 6) is 0. The Hall–Kier alpha value is -1.06. The third-order valence-electron chi connectivity index (χ3n) is 4.30. The van der Waals surface area contributed by atoms with E-state index < -0.39 is 0 Å². The third-order valence-corrected chi connectivity index (χ3v) is 4.30. The summed E-state index contributed by atoms with van der Waals surface area (Å²) in [5, 5.41) is 0. The van der Waals surface area contributed by atoms with Crippen LogP contribution in [0.3, 0.4) is 0 Å². The molecule has 1 aliphatic rings. The summed E-state index contributed by atoms with van der Waals surface area (Å²) in [6.45, 7) is 4.01. The zero-order chi connectivity index (χ0) is 13.7. The van der Waals surface area contributed by atoms with Gasteiger partial charge in [-0.3, -0.25) is 0 Å². The van der Waals surface area contributed by atoms with Crippen LogP contribution in [0.1, 0.15) is 32.6 Å². The molecular formula is C16H26N2O. The van der Waals surface area contributed by atoms with Crippen LogP contribution in [-0.2, 0) is 4.74 Å². The molecule has 1 aliphatic carbocycles. The molecule has 0 spiro atoms.